The van der Waals surface area contributed by atoms with Crippen LogP contribution in [0.3, 0.4) is 0 Å². The highest BCUT2D eigenvalue weighted by molar-refractivity contribution is 6.04. The maximum atomic E-state index is 13.1. The van der Waals surface area contributed by atoms with E-state index in [9.17, 15) is 9.59 Å². The number of nitrogens with zero attached hydrogens (tertiary/aromatic N) is 4. The second-order valence-corrected chi connectivity index (χ2v) is 9.77. The predicted molar refractivity (Wildman–Crippen MR) is 139 cm³/mol. The molecule has 3 N–H and O–H groups in total. The van der Waals surface area contributed by atoms with Crippen molar-refractivity contribution in [3.63, 3.8) is 0 Å². The zero-order valence-electron chi connectivity index (χ0n) is 21.2. The van der Waals surface area contributed by atoms with E-state index >= 15 is 0 Å². The van der Waals surface area contributed by atoms with E-state index in [2.05, 4.69) is 32.8 Å². The fourth-order valence-corrected chi connectivity index (χ4v) is 5.55. The Bertz CT molecular complexity index is 1130. The highest BCUT2D eigenvalue weighted by Gasteiger charge is 2.41. The summed E-state index contributed by atoms with van der Waals surface area (Å²) in [7, 11) is 3.37. The molecule has 10 nitrogen and oxygen atoms in total. The molecule has 3 aliphatic rings. The first kappa shape index (κ1) is 24.3. The molecular weight excluding hydrogens is 458 g/mol. The molecular formula is C26H35N7O3. The summed E-state index contributed by atoms with van der Waals surface area (Å²) < 4.78 is 5.59. The molecule has 2 fully saturated rings. The number of fused-ring (bicyclic) bond motifs is 1. The van der Waals surface area contributed by atoms with Crippen LogP contribution < -0.4 is 30.5 Å². The molecule has 10 heteroatoms. The Kier molecular flexibility index (Phi) is 6.95. The Balaban J connectivity index is 1.41. The van der Waals surface area contributed by atoms with Gasteiger partial charge in [-0.3, -0.25) is 9.59 Å². The van der Waals surface area contributed by atoms with Gasteiger partial charge in [0.1, 0.15) is 17.5 Å². The first-order valence-corrected chi connectivity index (χ1v) is 12.9. The number of likely N-dealkylation sites (N-methyl/N-ethyl adjacent to an activating group) is 1. The molecule has 1 saturated heterocycles. The van der Waals surface area contributed by atoms with Crippen LogP contribution in [0.1, 0.15) is 55.8 Å². The number of hydrogen-bond acceptors (Lipinski definition) is 8. The van der Waals surface area contributed by atoms with Gasteiger partial charge in [-0.15, -0.1) is 0 Å². The number of carbonyl (C=O) groups is 2. The minimum absolute atomic E-state index is 0.0881. The second kappa shape index (κ2) is 10.3. The summed E-state index contributed by atoms with van der Waals surface area (Å²) in [5, 5.41) is 9.58. The number of rotatable bonds is 7. The average Bonchev–Trinajstić information content (AvgIpc) is 3.61. The minimum Gasteiger partial charge on any atom is -0.495 e. The van der Waals surface area contributed by atoms with Gasteiger partial charge in [-0.25, -0.2) is 4.98 Å². The lowest BCUT2D eigenvalue weighted by Crippen LogP contribution is -2.55. The third-order valence-electron chi connectivity index (χ3n) is 7.52. The van der Waals surface area contributed by atoms with Crippen LogP contribution in [0.4, 0.5) is 23.1 Å². The Hall–Kier alpha value is -3.40. The van der Waals surface area contributed by atoms with E-state index in [1.165, 1.54) is 12.8 Å². The van der Waals surface area contributed by atoms with Gasteiger partial charge in [0, 0.05) is 31.2 Å². The van der Waals surface area contributed by atoms with E-state index in [1.54, 1.807) is 37.4 Å². The van der Waals surface area contributed by atoms with E-state index < -0.39 is 0 Å². The van der Waals surface area contributed by atoms with Gasteiger partial charge in [0.25, 0.3) is 5.91 Å². The normalized spacial score (nSPS) is 22.0. The highest BCUT2D eigenvalue weighted by atomic mass is 16.5. The van der Waals surface area contributed by atoms with Crippen LogP contribution in [0.2, 0.25) is 0 Å². The average molecular weight is 494 g/mol. The highest BCUT2D eigenvalue weighted by Crippen LogP contribution is 2.40. The molecule has 0 spiro atoms. The SMILES string of the molecule is CC[C@@H]1C(=O)N(C)c2cnc(Nc3ccc(C(=O)NC4CCNC4)cc3OC)nc2N1C1CCCC1. The number of ether oxygens (including phenoxy) is 1. The van der Waals surface area contributed by atoms with Crippen molar-refractivity contribution in [1.29, 1.82) is 0 Å². The molecule has 2 aromatic rings. The molecule has 2 atom stereocenters. The second-order valence-electron chi connectivity index (χ2n) is 9.77. The summed E-state index contributed by atoms with van der Waals surface area (Å²) >= 11 is 0. The number of aromatic nitrogens is 2. The summed E-state index contributed by atoms with van der Waals surface area (Å²) in [6, 6.07) is 5.52. The molecule has 0 radical (unpaired) electrons. The lowest BCUT2D eigenvalue weighted by atomic mass is 10.0. The zero-order valence-corrected chi connectivity index (χ0v) is 21.2. The van der Waals surface area contributed by atoms with Crippen molar-refractivity contribution >= 4 is 35.0 Å². The number of nitrogens with one attached hydrogen (secondary N) is 3. The van der Waals surface area contributed by atoms with E-state index in [0.29, 0.717) is 29.0 Å². The molecule has 192 valence electrons. The predicted octanol–water partition coefficient (Wildman–Crippen LogP) is 2.82. The molecule has 1 aromatic carbocycles. The Labute approximate surface area is 211 Å². The lowest BCUT2D eigenvalue weighted by Gasteiger charge is -2.43. The van der Waals surface area contributed by atoms with Crippen molar-refractivity contribution in [2.75, 3.05) is 42.4 Å². The van der Waals surface area contributed by atoms with Crippen LogP contribution in [0.5, 0.6) is 5.75 Å². The third kappa shape index (κ3) is 4.57. The molecule has 1 saturated carbocycles. The smallest absolute Gasteiger partial charge is 0.251 e. The molecule has 1 aliphatic carbocycles. The van der Waals surface area contributed by atoms with Crippen LogP contribution in [-0.2, 0) is 4.79 Å². The van der Waals surface area contributed by atoms with Gasteiger partial charge in [-0.1, -0.05) is 19.8 Å². The lowest BCUT2D eigenvalue weighted by molar-refractivity contribution is -0.120. The van der Waals surface area contributed by atoms with Crippen molar-refractivity contribution < 1.29 is 14.3 Å². The van der Waals surface area contributed by atoms with Gasteiger partial charge in [0.15, 0.2) is 5.82 Å². The fraction of sp³-hybridized carbons (Fsp3) is 0.538. The van der Waals surface area contributed by atoms with Crippen molar-refractivity contribution in [1.82, 2.24) is 20.6 Å². The van der Waals surface area contributed by atoms with Crippen LogP contribution in [0.25, 0.3) is 0 Å². The molecule has 2 aliphatic heterocycles. The van der Waals surface area contributed by atoms with E-state index in [0.717, 1.165) is 50.3 Å². The van der Waals surface area contributed by atoms with Gasteiger partial charge in [0.05, 0.1) is 19.0 Å². The van der Waals surface area contributed by atoms with Crippen molar-refractivity contribution in [2.24, 2.45) is 0 Å². The molecule has 2 amide bonds. The molecule has 3 heterocycles. The Morgan fingerprint density at radius 3 is 2.75 bits per heavy atom. The first-order valence-electron chi connectivity index (χ1n) is 12.9. The molecule has 1 aromatic heterocycles. The quantitative estimate of drug-likeness (QED) is 0.540. The number of methoxy groups -OCH3 is 1. The summed E-state index contributed by atoms with van der Waals surface area (Å²) in [5.41, 5.74) is 1.92. The zero-order chi connectivity index (χ0) is 25.2. The van der Waals surface area contributed by atoms with Crippen molar-refractivity contribution in [3.05, 3.63) is 30.0 Å². The van der Waals surface area contributed by atoms with Crippen LogP contribution >= 0.6 is 0 Å². The van der Waals surface area contributed by atoms with E-state index in [4.69, 9.17) is 9.72 Å². The van der Waals surface area contributed by atoms with Gasteiger partial charge >= 0.3 is 0 Å². The van der Waals surface area contributed by atoms with Crippen LogP contribution in [-0.4, -0.2) is 67.2 Å². The van der Waals surface area contributed by atoms with Crippen LogP contribution in [0, 0.1) is 0 Å². The molecule has 0 bridgehead atoms. The van der Waals surface area contributed by atoms with Gasteiger partial charge in [-0.05, 0) is 50.4 Å². The molecule has 5 rings (SSSR count). The number of anilines is 4. The molecule has 36 heavy (non-hydrogen) atoms. The summed E-state index contributed by atoms with van der Waals surface area (Å²) in [5.74, 6) is 1.70. The Morgan fingerprint density at radius 2 is 2.06 bits per heavy atom. The Morgan fingerprint density at radius 1 is 1.25 bits per heavy atom. The first-order chi connectivity index (χ1) is 17.5. The monoisotopic (exact) mass is 493 g/mol. The standard InChI is InChI=1S/C26H35N7O3/c1-4-20-25(35)32(2)21-15-28-26(31-23(21)33(20)18-7-5-6-8-18)30-19-10-9-16(13-22(19)36-3)24(34)29-17-11-12-27-14-17/h9-10,13,15,17-18,20,27H,4-8,11-12,14H2,1-3H3,(H,29,34)(H,28,30,31)/t17?,20-/m1/s1. The number of carbonyl (C=O) groups excluding carboxylic acids is 2. The maximum Gasteiger partial charge on any atom is 0.251 e. The van der Waals surface area contributed by atoms with Crippen molar-refractivity contribution in [2.45, 2.75) is 63.6 Å². The summed E-state index contributed by atoms with van der Waals surface area (Å²) in [6.45, 7) is 3.75. The minimum atomic E-state index is -0.226. The number of benzene rings is 1. The fourth-order valence-electron chi connectivity index (χ4n) is 5.55. The third-order valence-corrected chi connectivity index (χ3v) is 7.52. The number of amides is 2. The van der Waals surface area contributed by atoms with Gasteiger partial charge in [-0.2, -0.15) is 4.98 Å². The molecule has 1 unspecified atom stereocenters. The van der Waals surface area contributed by atoms with Gasteiger partial charge in [0.2, 0.25) is 11.9 Å². The topological polar surface area (TPSA) is 112 Å². The maximum absolute atomic E-state index is 13.1. The number of hydrogen-bond donors (Lipinski definition) is 3. The summed E-state index contributed by atoms with van der Waals surface area (Å²) in [4.78, 5) is 39.1. The summed E-state index contributed by atoms with van der Waals surface area (Å²) in [6.07, 6.45) is 7.82. The van der Waals surface area contributed by atoms with Crippen molar-refractivity contribution in [3.8, 4) is 5.75 Å². The van der Waals surface area contributed by atoms with E-state index in [1.807, 2.05) is 6.07 Å². The van der Waals surface area contributed by atoms with Gasteiger partial charge < -0.3 is 30.5 Å². The van der Waals surface area contributed by atoms with E-state index in [-0.39, 0.29) is 23.9 Å². The largest absolute Gasteiger partial charge is 0.495 e. The van der Waals surface area contributed by atoms with Crippen LogP contribution in [0.15, 0.2) is 24.4 Å².